The Morgan fingerprint density at radius 2 is 2.14 bits per heavy atom. The molecule has 1 saturated heterocycles. The summed E-state index contributed by atoms with van der Waals surface area (Å²) in [5.74, 6) is 0.527. The fourth-order valence-corrected chi connectivity index (χ4v) is 2.74. The van der Waals surface area contributed by atoms with Crippen molar-refractivity contribution in [2.75, 3.05) is 11.9 Å². The van der Waals surface area contributed by atoms with Gasteiger partial charge in [0.05, 0.1) is 24.0 Å². The van der Waals surface area contributed by atoms with Crippen molar-refractivity contribution in [2.24, 2.45) is 4.99 Å². The molecule has 110 valence electrons. The first kappa shape index (κ1) is 12.7. The maximum Gasteiger partial charge on any atom is 0.168 e. The van der Waals surface area contributed by atoms with E-state index < -0.39 is 24.5 Å². The van der Waals surface area contributed by atoms with Crippen LogP contribution in [-0.4, -0.2) is 61.1 Å². The van der Waals surface area contributed by atoms with Gasteiger partial charge in [0, 0.05) is 6.20 Å². The number of ether oxygens (including phenoxy) is 1. The first-order chi connectivity index (χ1) is 10.2. The van der Waals surface area contributed by atoms with E-state index in [0.717, 1.165) is 11.1 Å². The van der Waals surface area contributed by atoms with Crippen LogP contribution in [0.15, 0.2) is 17.5 Å². The van der Waals surface area contributed by atoms with Gasteiger partial charge in [0.2, 0.25) is 0 Å². The summed E-state index contributed by atoms with van der Waals surface area (Å²) in [6.07, 6.45) is 0.627. The predicted molar refractivity (Wildman–Crippen MR) is 72.3 cm³/mol. The minimum absolute atomic E-state index is 0.373. The number of aliphatic hydroxyl groups is 3. The summed E-state index contributed by atoms with van der Waals surface area (Å²) in [4.78, 5) is 12.4. The molecule has 2 aromatic heterocycles. The van der Waals surface area contributed by atoms with Crippen molar-refractivity contribution >= 4 is 28.9 Å². The molecule has 0 bridgehead atoms. The fraction of sp³-hybridized carbons (Fsp3) is 0.417. The lowest BCUT2D eigenvalue weighted by Crippen LogP contribution is -2.33. The van der Waals surface area contributed by atoms with Gasteiger partial charge >= 0.3 is 0 Å². The number of hydrogen-bond donors (Lipinski definition) is 4. The van der Waals surface area contributed by atoms with Crippen LogP contribution in [0.1, 0.15) is 6.23 Å². The van der Waals surface area contributed by atoms with Crippen molar-refractivity contribution in [1.82, 2.24) is 14.5 Å². The predicted octanol–water partition coefficient (Wildman–Crippen LogP) is -0.872. The Labute approximate surface area is 118 Å². The third kappa shape index (κ3) is 1.69. The van der Waals surface area contributed by atoms with E-state index in [1.165, 1.54) is 12.7 Å². The zero-order chi connectivity index (χ0) is 14.6. The van der Waals surface area contributed by atoms with Gasteiger partial charge < -0.3 is 29.9 Å². The van der Waals surface area contributed by atoms with Crippen LogP contribution >= 0.6 is 0 Å². The number of hydrogen-bond acceptors (Lipinski definition) is 8. The number of aliphatic hydroxyl groups excluding tert-OH is 3. The maximum atomic E-state index is 10.1. The second-order valence-corrected chi connectivity index (χ2v) is 4.98. The fourth-order valence-electron chi connectivity index (χ4n) is 2.74. The van der Waals surface area contributed by atoms with E-state index in [4.69, 9.17) is 4.74 Å². The highest BCUT2D eigenvalue weighted by Gasteiger charge is 2.44. The van der Waals surface area contributed by atoms with Crippen molar-refractivity contribution in [3.05, 3.63) is 12.5 Å². The van der Waals surface area contributed by atoms with Crippen molar-refractivity contribution in [3.8, 4) is 0 Å². The van der Waals surface area contributed by atoms with Crippen molar-refractivity contribution in [1.29, 1.82) is 0 Å². The summed E-state index contributed by atoms with van der Waals surface area (Å²) in [6.45, 7) is -0.373. The molecule has 2 aromatic rings. The van der Waals surface area contributed by atoms with Crippen LogP contribution in [0.4, 0.5) is 11.5 Å². The molecule has 0 aliphatic carbocycles. The molecule has 9 heteroatoms. The van der Waals surface area contributed by atoms with E-state index in [1.54, 1.807) is 10.8 Å². The Morgan fingerprint density at radius 3 is 2.90 bits per heavy atom. The van der Waals surface area contributed by atoms with E-state index in [9.17, 15) is 15.3 Å². The summed E-state index contributed by atoms with van der Waals surface area (Å²) in [6, 6.07) is 0. The lowest BCUT2D eigenvalue weighted by molar-refractivity contribution is -0.0508. The van der Waals surface area contributed by atoms with E-state index in [-0.39, 0.29) is 6.61 Å². The summed E-state index contributed by atoms with van der Waals surface area (Å²) < 4.78 is 7.14. The van der Waals surface area contributed by atoms with Gasteiger partial charge in [-0.2, -0.15) is 0 Å². The molecule has 4 rings (SSSR count). The standard InChI is InChI=1S/C12H13N5O4/c18-2-6-8(19)9(20)12(21-6)17-1-5-7-10(14-3-13-5)15-4-16-11(7)17/h1,3-4,6,8-9,12,18-20H,2H2,(H,13,14,15,16)/t6-,8-,9-,12-/m1/s1. The van der Waals surface area contributed by atoms with Gasteiger partial charge in [-0.3, -0.25) is 0 Å². The van der Waals surface area contributed by atoms with Crippen LogP contribution in [0, 0.1) is 0 Å². The number of anilines is 1. The number of nitrogens with one attached hydrogen (secondary N) is 1. The second-order valence-electron chi connectivity index (χ2n) is 4.98. The Hall–Kier alpha value is -2.07. The zero-order valence-electron chi connectivity index (χ0n) is 10.8. The molecule has 1 fully saturated rings. The number of aromatic nitrogens is 3. The molecule has 0 spiro atoms. The lowest BCUT2D eigenvalue weighted by atomic mass is 10.1. The Morgan fingerprint density at radius 1 is 1.29 bits per heavy atom. The molecule has 4 heterocycles. The van der Waals surface area contributed by atoms with Crippen LogP contribution in [-0.2, 0) is 4.74 Å². The summed E-state index contributed by atoms with van der Waals surface area (Å²) in [7, 11) is 0. The second kappa shape index (κ2) is 4.46. The van der Waals surface area contributed by atoms with E-state index in [1.807, 2.05) is 0 Å². The zero-order valence-corrected chi connectivity index (χ0v) is 10.8. The highest BCUT2D eigenvalue weighted by Crippen LogP contribution is 2.38. The van der Waals surface area contributed by atoms with E-state index in [2.05, 4.69) is 20.3 Å². The molecule has 0 unspecified atom stereocenters. The molecule has 0 radical (unpaired) electrons. The minimum Gasteiger partial charge on any atom is -0.394 e. The quantitative estimate of drug-likeness (QED) is 0.566. The van der Waals surface area contributed by atoms with Crippen molar-refractivity contribution in [2.45, 2.75) is 24.5 Å². The Kier molecular flexibility index (Phi) is 2.69. The van der Waals surface area contributed by atoms with Crippen molar-refractivity contribution in [3.63, 3.8) is 0 Å². The van der Waals surface area contributed by atoms with Gasteiger partial charge in [-0.25, -0.2) is 15.0 Å². The number of nitrogens with zero attached hydrogens (tertiary/aromatic N) is 4. The molecular weight excluding hydrogens is 278 g/mol. The van der Waals surface area contributed by atoms with Gasteiger partial charge in [0.15, 0.2) is 12.0 Å². The molecular formula is C12H13N5O4. The normalized spacial score (nSPS) is 30.8. The van der Waals surface area contributed by atoms with Gasteiger partial charge in [-0.05, 0) is 0 Å². The van der Waals surface area contributed by atoms with E-state index in [0.29, 0.717) is 11.5 Å². The molecule has 9 nitrogen and oxygen atoms in total. The molecule has 0 saturated carbocycles. The van der Waals surface area contributed by atoms with Gasteiger partial charge in [0.1, 0.15) is 30.3 Å². The Balaban J connectivity index is 1.84. The minimum atomic E-state index is -1.16. The first-order valence-electron chi connectivity index (χ1n) is 6.48. The Bertz CT molecular complexity index is 730. The van der Waals surface area contributed by atoms with Crippen LogP contribution in [0.25, 0.3) is 11.0 Å². The molecule has 2 aliphatic rings. The van der Waals surface area contributed by atoms with Crippen LogP contribution in [0.3, 0.4) is 0 Å². The smallest absolute Gasteiger partial charge is 0.168 e. The maximum absolute atomic E-state index is 10.1. The monoisotopic (exact) mass is 291 g/mol. The van der Waals surface area contributed by atoms with Crippen LogP contribution in [0.2, 0.25) is 0 Å². The molecule has 4 atom stereocenters. The molecule has 0 amide bonds. The summed E-state index contributed by atoms with van der Waals surface area (Å²) in [5.41, 5.74) is 1.28. The highest BCUT2D eigenvalue weighted by molar-refractivity contribution is 6.05. The molecule has 0 aromatic carbocycles. The van der Waals surface area contributed by atoms with Crippen LogP contribution in [0.5, 0.6) is 0 Å². The summed E-state index contributed by atoms with van der Waals surface area (Å²) in [5, 5.41) is 32.9. The SMILES string of the molecule is OC[C@H]1O[C@@H](n2cc3c4c(ncnc42)N=CN3)[C@H](O)[C@@H]1O. The first-order valence-corrected chi connectivity index (χ1v) is 6.48. The average Bonchev–Trinajstić information content (AvgIpc) is 3.01. The van der Waals surface area contributed by atoms with E-state index >= 15 is 0 Å². The molecule has 4 N–H and O–H groups in total. The van der Waals surface area contributed by atoms with Gasteiger partial charge in [-0.1, -0.05) is 0 Å². The third-order valence-electron chi connectivity index (χ3n) is 3.79. The highest BCUT2D eigenvalue weighted by atomic mass is 16.6. The van der Waals surface area contributed by atoms with Gasteiger partial charge in [-0.15, -0.1) is 0 Å². The van der Waals surface area contributed by atoms with Gasteiger partial charge in [0.25, 0.3) is 0 Å². The topological polar surface area (TPSA) is 125 Å². The lowest BCUT2D eigenvalue weighted by Gasteiger charge is -2.17. The molecule has 21 heavy (non-hydrogen) atoms. The molecule has 2 aliphatic heterocycles. The number of rotatable bonds is 2. The third-order valence-corrected chi connectivity index (χ3v) is 3.79. The summed E-state index contributed by atoms with van der Waals surface area (Å²) >= 11 is 0. The average molecular weight is 291 g/mol. The van der Waals surface area contributed by atoms with Crippen LogP contribution < -0.4 is 5.32 Å². The number of aliphatic imine (C=N–C) groups is 1. The largest absolute Gasteiger partial charge is 0.394 e. The van der Waals surface area contributed by atoms with Crippen molar-refractivity contribution < 1.29 is 20.1 Å².